The number of rotatable bonds is 4. The zero-order valence-electron chi connectivity index (χ0n) is 13.2. The van der Waals surface area contributed by atoms with E-state index in [1.807, 2.05) is 0 Å². The molecular weight excluding hydrogens is 318 g/mol. The summed E-state index contributed by atoms with van der Waals surface area (Å²) in [6.45, 7) is 5.89. The van der Waals surface area contributed by atoms with Crippen LogP contribution >= 0.6 is 11.8 Å². The Morgan fingerprint density at radius 2 is 2.13 bits per heavy atom. The van der Waals surface area contributed by atoms with Gasteiger partial charge in [-0.05, 0) is 12.8 Å². The molecule has 3 heterocycles. The molecule has 126 valence electrons. The lowest BCUT2D eigenvalue weighted by molar-refractivity contribution is -0.0618. The number of nitrogen functional groups attached to an aromatic ring is 1. The fourth-order valence-corrected chi connectivity index (χ4v) is 4.01. The molecule has 3 rings (SSSR count). The predicted molar refractivity (Wildman–Crippen MR) is 87.6 cm³/mol. The van der Waals surface area contributed by atoms with Crippen LogP contribution in [0.25, 0.3) is 11.2 Å². The zero-order valence-corrected chi connectivity index (χ0v) is 14.1. The minimum absolute atomic E-state index is 0.263. The molecule has 8 nitrogen and oxygen atoms in total. The van der Waals surface area contributed by atoms with Gasteiger partial charge in [0.05, 0.1) is 6.10 Å². The molecule has 4 atom stereocenters. The summed E-state index contributed by atoms with van der Waals surface area (Å²) in [6.07, 6.45) is 0.247. The van der Waals surface area contributed by atoms with Crippen molar-refractivity contribution in [1.29, 1.82) is 0 Å². The highest BCUT2D eigenvalue weighted by Crippen LogP contribution is 2.46. The molecule has 9 heteroatoms. The lowest BCUT2D eigenvalue weighted by atomic mass is 10.1. The molecule has 1 aliphatic rings. The monoisotopic (exact) mass is 339 g/mol. The van der Waals surface area contributed by atoms with E-state index in [2.05, 4.69) is 28.8 Å². The first-order chi connectivity index (χ1) is 10.9. The van der Waals surface area contributed by atoms with E-state index in [-0.39, 0.29) is 5.82 Å². The van der Waals surface area contributed by atoms with Gasteiger partial charge >= 0.3 is 0 Å². The van der Waals surface area contributed by atoms with Gasteiger partial charge in [0.1, 0.15) is 30.4 Å². The van der Waals surface area contributed by atoms with Gasteiger partial charge in [-0.15, -0.1) is 11.8 Å². The van der Waals surface area contributed by atoms with Gasteiger partial charge < -0.3 is 20.7 Å². The van der Waals surface area contributed by atoms with Crippen molar-refractivity contribution in [1.82, 2.24) is 19.5 Å². The second kappa shape index (κ2) is 5.90. The van der Waals surface area contributed by atoms with Gasteiger partial charge in [-0.3, -0.25) is 4.57 Å². The summed E-state index contributed by atoms with van der Waals surface area (Å²) in [5.74, 6) is 1.38. The molecule has 4 N–H and O–H groups in total. The Morgan fingerprint density at radius 3 is 2.74 bits per heavy atom. The van der Waals surface area contributed by atoms with E-state index < -0.39 is 23.4 Å². The number of nitrogens with two attached hydrogens (primary N) is 1. The molecular formula is C14H21N5O3S. The summed E-state index contributed by atoms with van der Waals surface area (Å²) in [5.41, 5.74) is 6.75. The maximum absolute atomic E-state index is 10.7. The number of hydrogen-bond acceptors (Lipinski definition) is 8. The molecule has 1 aliphatic heterocycles. The van der Waals surface area contributed by atoms with E-state index in [0.29, 0.717) is 17.1 Å². The van der Waals surface area contributed by atoms with Gasteiger partial charge in [-0.2, -0.15) is 0 Å². The first-order valence-corrected chi connectivity index (χ1v) is 8.47. The van der Waals surface area contributed by atoms with Crippen LogP contribution in [-0.4, -0.2) is 53.8 Å². The van der Waals surface area contributed by atoms with Gasteiger partial charge in [0, 0.05) is 5.75 Å². The number of hydrogen-bond donors (Lipinski definition) is 3. The molecule has 0 aliphatic carbocycles. The normalized spacial score (nSPS) is 31.3. The molecule has 1 saturated heterocycles. The van der Waals surface area contributed by atoms with Gasteiger partial charge in [0.2, 0.25) is 5.06 Å². The molecule has 2 aromatic heterocycles. The molecule has 0 bridgehead atoms. The van der Waals surface area contributed by atoms with Gasteiger partial charge in [0.15, 0.2) is 11.5 Å². The van der Waals surface area contributed by atoms with Gasteiger partial charge in [-0.25, -0.2) is 15.0 Å². The van der Waals surface area contributed by atoms with Crippen LogP contribution < -0.4 is 5.73 Å². The minimum Gasteiger partial charge on any atom is -0.387 e. The maximum Gasteiger partial charge on any atom is 0.225 e. The zero-order chi connectivity index (χ0) is 16.8. The van der Waals surface area contributed by atoms with Crippen molar-refractivity contribution in [3.05, 3.63) is 12.7 Å². The number of ether oxygens (including phenoxy) is 1. The predicted octanol–water partition coefficient (Wildman–Crippen LogP) is 0.549. The molecule has 23 heavy (non-hydrogen) atoms. The first-order valence-electron chi connectivity index (χ1n) is 7.48. The van der Waals surface area contributed by atoms with E-state index in [9.17, 15) is 10.2 Å². The van der Waals surface area contributed by atoms with Gasteiger partial charge in [-0.1, -0.05) is 13.8 Å². The third-order valence-corrected chi connectivity index (χ3v) is 5.64. The van der Waals surface area contributed by atoms with Gasteiger partial charge in [0.25, 0.3) is 0 Å². The number of imidazole rings is 1. The number of aromatic nitrogens is 4. The lowest BCUT2D eigenvalue weighted by Gasteiger charge is -2.33. The third kappa shape index (κ3) is 2.57. The Balaban J connectivity index is 2.13. The quantitative estimate of drug-likeness (QED) is 0.739. The number of thioether (sulfide) groups is 1. The summed E-state index contributed by atoms with van der Waals surface area (Å²) < 4.78 is 7.64. The molecule has 0 spiro atoms. The van der Waals surface area contributed by atoms with Crippen molar-refractivity contribution >= 4 is 28.7 Å². The van der Waals surface area contributed by atoms with Crippen LogP contribution in [0.3, 0.4) is 0 Å². The Kier molecular flexibility index (Phi) is 4.21. The van der Waals surface area contributed by atoms with Crippen molar-refractivity contribution in [2.24, 2.45) is 5.92 Å². The number of aliphatic hydroxyl groups excluding tert-OH is 2. The van der Waals surface area contributed by atoms with Crippen LogP contribution in [0, 0.1) is 5.92 Å². The second-order valence-corrected chi connectivity index (χ2v) is 7.35. The fourth-order valence-electron chi connectivity index (χ4n) is 2.63. The van der Waals surface area contributed by atoms with Crippen LogP contribution in [-0.2, 0) is 9.79 Å². The van der Waals surface area contributed by atoms with Crippen molar-refractivity contribution < 1.29 is 14.9 Å². The summed E-state index contributed by atoms with van der Waals surface area (Å²) in [6, 6.07) is 0. The molecule has 0 radical (unpaired) electrons. The highest BCUT2D eigenvalue weighted by Gasteiger charge is 2.55. The molecule has 0 aromatic carbocycles. The summed E-state index contributed by atoms with van der Waals surface area (Å²) in [7, 11) is 0. The minimum atomic E-state index is -1.20. The SMILES string of the molecule is CC(C)CS[C@@]1(n2cnc3c(N)ncnc32)O[C@H](C)[C@@H](O)[C@H]1O. The molecule has 2 aromatic rings. The Labute approximate surface area is 138 Å². The smallest absolute Gasteiger partial charge is 0.225 e. The average molecular weight is 339 g/mol. The summed E-state index contributed by atoms with van der Waals surface area (Å²) >= 11 is 1.42. The van der Waals surface area contributed by atoms with E-state index in [1.54, 1.807) is 11.5 Å². The molecule has 0 unspecified atom stereocenters. The molecule has 0 saturated carbocycles. The Morgan fingerprint density at radius 1 is 1.39 bits per heavy atom. The highest BCUT2D eigenvalue weighted by atomic mass is 32.2. The number of nitrogens with zero attached hydrogens (tertiary/aromatic N) is 4. The van der Waals surface area contributed by atoms with E-state index >= 15 is 0 Å². The fraction of sp³-hybridized carbons (Fsp3) is 0.643. The number of fused-ring (bicyclic) bond motifs is 1. The van der Waals surface area contributed by atoms with Crippen LogP contribution in [0.2, 0.25) is 0 Å². The highest BCUT2D eigenvalue weighted by molar-refractivity contribution is 7.99. The van der Waals surface area contributed by atoms with Crippen LogP contribution in [0.15, 0.2) is 12.7 Å². The van der Waals surface area contributed by atoms with Crippen molar-refractivity contribution in [3.63, 3.8) is 0 Å². The number of aliphatic hydroxyl groups is 2. The van der Waals surface area contributed by atoms with E-state index in [1.165, 1.54) is 24.4 Å². The maximum atomic E-state index is 10.7. The number of anilines is 1. The van der Waals surface area contributed by atoms with Crippen molar-refractivity contribution in [3.8, 4) is 0 Å². The largest absolute Gasteiger partial charge is 0.387 e. The van der Waals surface area contributed by atoms with Crippen LogP contribution in [0.1, 0.15) is 20.8 Å². The van der Waals surface area contributed by atoms with E-state index in [0.717, 1.165) is 5.75 Å². The Bertz CT molecular complexity index is 709. The third-order valence-electron chi connectivity index (χ3n) is 3.85. The molecule has 1 fully saturated rings. The lowest BCUT2D eigenvalue weighted by Crippen LogP contribution is -2.43. The Hall–Kier alpha value is -1.42. The standard InChI is InChI=1S/C14H21N5O3S/c1-7(2)4-23-14(11(21)10(20)8(3)22-14)19-6-18-9-12(15)16-5-17-13(9)19/h5-8,10-11,20-21H,4H2,1-3H3,(H2,15,16,17)/t8-,10-,11-,14+/m1/s1. The summed E-state index contributed by atoms with van der Waals surface area (Å²) in [4.78, 5) is 12.4. The topological polar surface area (TPSA) is 119 Å². The summed E-state index contributed by atoms with van der Waals surface area (Å²) in [5, 5.41) is 19.7. The van der Waals surface area contributed by atoms with Crippen LogP contribution in [0.4, 0.5) is 5.82 Å². The van der Waals surface area contributed by atoms with Crippen LogP contribution in [0.5, 0.6) is 0 Å². The molecule has 0 amide bonds. The second-order valence-electron chi connectivity index (χ2n) is 6.14. The van der Waals surface area contributed by atoms with Crippen molar-refractivity contribution in [2.75, 3.05) is 11.5 Å². The first kappa shape index (κ1) is 16.4. The van der Waals surface area contributed by atoms with Crippen molar-refractivity contribution in [2.45, 2.75) is 44.1 Å². The van der Waals surface area contributed by atoms with E-state index in [4.69, 9.17) is 10.5 Å². The average Bonchev–Trinajstić information content (AvgIpc) is 3.03.